The van der Waals surface area contributed by atoms with E-state index in [9.17, 15) is 19.2 Å². The minimum atomic E-state index is -0.748. The lowest BCUT2D eigenvalue weighted by atomic mass is 9.52. The third-order valence-electron chi connectivity index (χ3n) is 10.4. The van der Waals surface area contributed by atoms with Crippen molar-refractivity contribution in [1.29, 1.82) is 0 Å². The van der Waals surface area contributed by atoms with Gasteiger partial charge in [0.2, 0.25) is 17.7 Å². The van der Waals surface area contributed by atoms with Crippen LogP contribution in [-0.2, 0) is 21.4 Å². The molecule has 1 aliphatic heterocycles. The molecule has 1 atom stereocenters. The summed E-state index contributed by atoms with van der Waals surface area (Å²) >= 11 is 0. The molecule has 7 rings (SSSR count). The monoisotopic (exact) mass is 549 g/mol. The van der Waals surface area contributed by atoms with Crippen molar-refractivity contribution in [2.45, 2.75) is 95.1 Å². The molecule has 4 aliphatic carbocycles. The van der Waals surface area contributed by atoms with E-state index < -0.39 is 11.9 Å². The second-order valence-corrected chi connectivity index (χ2v) is 13.1. The summed E-state index contributed by atoms with van der Waals surface area (Å²) in [5.74, 6) is 2.05. The van der Waals surface area contributed by atoms with Gasteiger partial charge in [-0.1, -0.05) is 18.9 Å². The largest absolute Gasteiger partial charge is 0.329 e. The highest BCUT2D eigenvalue weighted by molar-refractivity contribution is 6.02. The van der Waals surface area contributed by atoms with E-state index in [1.807, 2.05) is 0 Å². The summed E-state index contributed by atoms with van der Waals surface area (Å²) in [6, 6.07) is 4.59. The van der Waals surface area contributed by atoms with Crippen LogP contribution < -0.4 is 16.3 Å². The van der Waals surface area contributed by atoms with Crippen molar-refractivity contribution in [1.82, 2.24) is 19.4 Å². The molecule has 4 bridgehead atoms. The van der Waals surface area contributed by atoms with Crippen molar-refractivity contribution in [3.05, 3.63) is 28.7 Å². The number of aryl methyl sites for hydroxylation is 1. The minimum absolute atomic E-state index is 0.0700. The van der Waals surface area contributed by atoms with E-state index in [1.165, 1.54) is 54.1 Å². The number of piperidine rings is 1. The fourth-order valence-corrected chi connectivity index (χ4v) is 8.74. The molecule has 9 nitrogen and oxygen atoms in total. The molecule has 0 radical (unpaired) electrons. The number of para-hydroxylation sites is 1. The zero-order valence-corrected chi connectivity index (χ0v) is 23.9. The Balaban J connectivity index is 0.998. The highest BCUT2D eigenvalue weighted by Gasteiger charge is 2.52. The first-order chi connectivity index (χ1) is 19.2. The topological polar surface area (TPSA) is 105 Å². The van der Waals surface area contributed by atoms with Gasteiger partial charge in [0.1, 0.15) is 6.04 Å². The van der Waals surface area contributed by atoms with Gasteiger partial charge in [0.25, 0.3) is 0 Å². The average molecular weight is 550 g/mol. The molecule has 1 unspecified atom stereocenters. The molecule has 2 N–H and O–H groups in total. The van der Waals surface area contributed by atoms with Crippen LogP contribution in [0.25, 0.3) is 11.0 Å². The fraction of sp³-hybridized carbons (Fsp3) is 0.677. The summed E-state index contributed by atoms with van der Waals surface area (Å²) in [4.78, 5) is 52.7. The zero-order valence-electron chi connectivity index (χ0n) is 23.9. The second-order valence-electron chi connectivity index (χ2n) is 13.1. The Hall–Kier alpha value is -2.94. The molecule has 5 aliphatic rings. The van der Waals surface area contributed by atoms with Crippen LogP contribution in [0.2, 0.25) is 0 Å². The molecule has 1 saturated heterocycles. The van der Waals surface area contributed by atoms with Crippen LogP contribution in [0.5, 0.6) is 0 Å². The first-order valence-corrected chi connectivity index (χ1v) is 15.3. The number of rotatable bonds is 10. The third kappa shape index (κ3) is 5.01. The summed E-state index contributed by atoms with van der Waals surface area (Å²) < 4.78 is 2.90. The molecular formula is C31H43N5O4. The summed E-state index contributed by atoms with van der Waals surface area (Å²) in [5.41, 5.74) is 1.84. The lowest BCUT2D eigenvalue weighted by Crippen LogP contribution is -2.58. The smallest absolute Gasteiger partial charge is 0.324 e. The van der Waals surface area contributed by atoms with Gasteiger partial charge in [0.05, 0.1) is 16.7 Å². The fourth-order valence-electron chi connectivity index (χ4n) is 8.74. The number of carbonyl (C=O) groups excluding carboxylic acids is 3. The van der Waals surface area contributed by atoms with Crippen LogP contribution in [0.1, 0.15) is 89.5 Å². The standard InChI is InChI=1S/C31H43N5O4/c1-34(31-17-20-14-21(18-31)16-22(15-20)19-31)13-6-4-3-5-10-26(37)32-23-8-7-9-24-28(23)35(2)30(40)36(24)25-11-12-27(38)33-29(25)39/h7-9,20-22,25H,3-6,10-19H2,1-2H3,(H,32,37)(H,33,38,39). The van der Waals surface area contributed by atoms with Gasteiger partial charge in [-0.3, -0.25) is 28.8 Å². The molecule has 216 valence electrons. The first kappa shape index (κ1) is 27.2. The molecule has 4 saturated carbocycles. The Morgan fingerprint density at radius 3 is 2.38 bits per heavy atom. The van der Waals surface area contributed by atoms with Gasteiger partial charge in [-0.2, -0.15) is 0 Å². The van der Waals surface area contributed by atoms with Crippen LogP contribution in [-0.4, -0.2) is 50.9 Å². The molecule has 2 heterocycles. The number of nitrogens with zero attached hydrogens (tertiary/aromatic N) is 3. The number of imidazole rings is 1. The molecule has 2 aromatic rings. The van der Waals surface area contributed by atoms with Crippen molar-refractivity contribution in [3.8, 4) is 0 Å². The van der Waals surface area contributed by atoms with E-state index in [0.717, 1.165) is 43.6 Å². The Bertz CT molecular complexity index is 1340. The number of aromatic nitrogens is 2. The second kappa shape index (κ2) is 10.8. The molecule has 0 spiro atoms. The highest BCUT2D eigenvalue weighted by Crippen LogP contribution is 2.57. The van der Waals surface area contributed by atoms with Gasteiger partial charge in [-0.05, 0) is 101 Å². The van der Waals surface area contributed by atoms with E-state index in [0.29, 0.717) is 28.7 Å². The van der Waals surface area contributed by atoms with Gasteiger partial charge in [0.15, 0.2) is 0 Å². The lowest BCUT2D eigenvalue weighted by molar-refractivity contribution is -0.135. The van der Waals surface area contributed by atoms with E-state index >= 15 is 0 Å². The maximum Gasteiger partial charge on any atom is 0.329 e. The predicted octanol–water partition coefficient (Wildman–Crippen LogP) is 4.11. The summed E-state index contributed by atoms with van der Waals surface area (Å²) in [6.07, 6.45) is 13.7. The number of fused-ring (bicyclic) bond motifs is 1. The zero-order chi connectivity index (χ0) is 28.0. The van der Waals surface area contributed by atoms with E-state index in [-0.39, 0.29) is 30.3 Å². The van der Waals surface area contributed by atoms with E-state index in [1.54, 1.807) is 25.2 Å². The van der Waals surface area contributed by atoms with Gasteiger partial charge < -0.3 is 10.2 Å². The minimum Gasteiger partial charge on any atom is -0.324 e. The van der Waals surface area contributed by atoms with Gasteiger partial charge in [-0.25, -0.2) is 4.79 Å². The Morgan fingerprint density at radius 1 is 1.02 bits per heavy atom. The number of unbranched alkanes of at least 4 members (excludes halogenated alkanes) is 3. The molecule has 5 fully saturated rings. The lowest BCUT2D eigenvalue weighted by Gasteiger charge is -2.60. The molecule has 1 aromatic heterocycles. The van der Waals surface area contributed by atoms with Gasteiger partial charge in [0, 0.05) is 25.4 Å². The Labute approximate surface area is 235 Å². The molecule has 3 amide bonds. The van der Waals surface area contributed by atoms with Crippen molar-refractivity contribution in [2.24, 2.45) is 24.8 Å². The number of carbonyl (C=O) groups is 3. The molecular weight excluding hydrogens is 506 g/mol. The van der Waals surface area contributed by atoms with E-state index in [4.69, 9.17) is 0 Å². The van der Waals surface area contributed by atoms with Crippen LogP contribution in [0.3, 0.4) is 0 Å². The summed E-state index contributed by atoms with van der Waals surface area (Å²) in [7, 11) is 3.99. The number of hydrogen-bond donors (Lipinski definition) is 2. The number of nitrogens with one attached hydrogen (secondary N) is 2. The van der Waals surface area contributed by atoms with Gasteiger partial charge >= 0.3 is 5.69 Å². The molecule has 40 heavy (non-hydrogen) atoms. The maximum absolute atomic E-state index is 13.1. The number of hydrogen-bond acceptors (Lipinski definition) is 5. The number of imide groups is 1. The van der Waals surface area contributed by atoms with Gasteiger partial charge in [-0.15, -0.1) is 0 Å². The van der Waals surface area contributed by atoms with Crippen molar-refractivity contribution in [3.63, 3.8) is 0 Å². The number of anilines is 1. The first-order valence-electron chi connectivity index (χ1n) is 15.3. The highest BCUT2D eigenvalue weighted by atomic mass is 16.2. The van der Waals surface area contributed by atoms with Crippen LogP contribution in [0, 0.1) is 17.8 Å². The van der Waals surface area contributed by atoms with Crippen LogP contribution in [0.15, 0.2) is 23.0 Å². The van der Waals surface area contributed by atoms with Crippen LogP contribution in [0.4, 0.5) is 5.69 Å². The predicted molar refractivity (Wildman–Crippen MR) is 154 cm³/mol. The Morgan fingerprint density at radius 2 is 1.70 bits per heavy atom. The summed E-state index contributed by atoms with van der Waals surface area (Å²) in [5, 5.41) is 5.33. The quantitative estimate of drug-likeness (QED) is 0.343. The Kier molecular flexibility index (Phi) is 7.36. The van der Waals surface area contributed by atoms with Crippen molar-refractivity contribution >= 4 is 34.4 Å². The van der Waals surface area contributed by atoms with Crippen molar-refractivity contribution in [2.75, 3.05) is 18.9 Å². The summed E-state index contributed by atoms with van der Waals surface area (Å²) in [6.45, 7) is 1.15. The van der Waals surface area contributed by atoms with E-state index in [2.05, 4.69) is 22.6 Å². The van der Waals surface area contributed by atoms with Crippen LogP contribution >= 0.6 is 0 Å². The molecule has 1 aromatic carbocycles. The van der Waals surface area contributed by atoms with Crippen molar-refractivity contribution < 1.29 is 14.4 Å². The number of benzene rings is 1. The normalized spacial score (nSPS) is 29.4. The number of amides is 3. The maximum atomic E-state index is 13.1. The average Bonchev–Trinajstić information content (AvgIpc) is 3.15. The molecule has 9 heteroatoms. The third-order valence-corrected chi connectivity index (χ3v) is 10.4. The SMILES string of the molecule is CN(CCCCCCC(=O)Nc1cccc2c1n(C)c(=O)n2C1CCC(=O)NC1=O)C12CC3CC(CC(C3)C1)C2.